The molecule has 134 valence electrons. The number of anilines is 1. The second-order valence-corrected chi connectivity index (χ2v) is 8.03. The molecule has 0 spiro atoms. The van der Waals surface area contributed by atoms with Crippen molar-refractivity contribution >= 4 is 32.6 Å². The summed E-state index contributed by atoms with van der Waals surface area (Å²) in [5.74, 6) is -0.443. The second kappa shape index (κ2) is 6.17. The van der Waals surface area contributed by atoms with Crippen LogP contribution in [0.15, 0.2) is 51.8 Å². The molecule has 0 fully saturated rings. The van der Waals surface area contributed by atoms with Crippen LogP contribution < -0.4 is 9.83 Å². The van der Waals surface area contributed by atoms with Crippen LogP contribution in [0, 0.1) is 0 Å². The van der Waals surface area contributed by atoms with Crippen molar-refractivity contribution in [2.75, 3.05) is 4.72 Å². The number of aromatic carboxylic acids is 1. The third-order valence-electron chi connectivity index (χ3n) is 4.59. The first-order valence-electron chi connectivity index (χ1n) is 8.32. The Labute approximate surface area is 150 Å². The van der Waals surface area contributed by atoms with E-state index in [4.69, 9.17) is 4.42 Å². The Morgan fingerprint density at radius 1 is 1.08 bits per heavy atom. The van der Waals surface area contributed by atoms with Crippen molar-refractivity contribution in [2.24, 2.45) is 0 Å². The fourth-order valence-electron chi connectivity index (χ4n) is 3.33. The molecule has 1 aliphatic rings. The number of carboxylic acids is 1. The number of carbonyl (C=O) groups excluding carboxylic acids is 1. The summed E-state index contributed by atoms with van der Waals surface area (Å²) in [6, 6.07) is 10.2. The molecule has 1 N–H and O–H groups in total. The van der Waals surface area contributed by atoms with Crippen molar-refractivity contribution in [3.05, 3.63) is 59.4 Å². The van der Waals surface area contributed by atoms with Gasteiger partial charge in [-0.3, -0.25) is 4.72 Å². The van der Waals surface area contributed by atoms with E-state index in [2.05, 4.69) is 4.72 Å². The number of hydrogen-bond donors (Lipinski definition) is 1. The highest BCUT2D eigenvalue weighted by molar-refractivity contribution is 7.92. The molecule has 0 amide bonds. The summed E-state index contributed by atoms with van der Waals surface area (Å²) < 4.78 is 33.5. The molecule has 0 saturated heterocycles. The molecule has 2 aromatic carbocycles. The summed E-state index contributed by atoms with van der Waals surface area (Å²) in [6.07, 6.45) is 4.02. The van der Waals surface area contributed by atoms with Crippen LogP contribution in [0.2, 0.25) is 0 Å². The molecule has 26 heavy (non-hydrogen) atoms. The fourth-order valence-corrected chi connectivity index (χ4v) is 4.43. The fraction of sp³-hybridized carbons (Fsp3) is 0.211. The second-order valence-electron chi connectivity index (χ2n) is 6.34. The Morgan fingerprint density at radius 3 is 2.69 bits per heavy atom. The number of aryl methyl sites for hydroxylation is 2. The summed E-state index contributed by atoms with van der Waals surface area (Å²) >= 11 is 0. The molecule has 3 aromatic rings. The van der Waals surface area contributed by atoms with Crippen molar-refractivity contribution in [1.82, 2.24) is 0 Å². The van der Waals surface area contributed by atoms with Crippen molar-refractivity contribution in [1.29, 1.82) is 0 Å². The van der Waals surface area contributed by atoms with Crippen LogP contribution in [-0.4, -0.2) is 14.4 Å². The smallest absolute Gasteiger partial charge is 0.261 e. The minimum atomic E-state index is -3.91. The number of furan rings is 1. The molecule has 0 aliphatic heterocycles. The Balaban J connectivity index is 1.70. The third-order valence-corrected chi connectivity index (χ3v) is 5.97. The maximum atomic E-state index is 12.6. The molecule has 1 heterocycles. The number of carboxylic acid groups (broad SMARTS) is 1. The highest BCUT2D eigenvalue weighted by Crippen LogP contribution is 2.33. The van der Waals surface area contributed by atoms with Crippen LogP contribution >= 0.6 is 0 Å². The monoisotopic (exact) mass is 370 g/mol. The quantitative estimate of drug-likeness (QED) is 0.760. The van der Waals surface area contributed by atoms with Crippen molar-refractivity contribution in [3.63, 3.8) is 0 Å². The molecule has 0 radical (unpaired) electrons. The normalized spacial score (nSPS) is 14.2. The first-order chi connectivity index (χ1) is 12.4. The van der Waals surface area contributed by atoms with Crippen LogP contribution in [0.1, 0.15) is 34.5 Å². The summed E-state index contributed by atoms with van der Waals surface area (Å²) in [4.78, 5) is 10.8. The molecule has 0 atom stereocenters. The number of sulfonamides is 1. The number of carbonyl (C=O) groups is 1. The number of hydrogen-bond acceptors (Lipinski definition) is 5. The van der Waals surface area contributed by atoms with Gasteiger partial charge >= 0.3 is 0 Å². The van der Waals surface area contributed by atoms with E-state index in [1.54, 1.807) is 18.2 Å². The average Bonchev–Trinajstić information content (AvgIpc) is 2.99. The number of fused-ring (bicyclic) bond motifs is 3. The van der Waals surface area contributed by atoms with E-state index in [1.807, 2.05) is 0 Å². The Bertz CT molecular complexity index is 1110. The van der Waals surface area contributed by atoms with Crippen molar-refractivity contribution in [2.45, 2.75) is 30.6 Å². The molecule has 4 rings (SSSR count). The maximum absolute atomic E-state index is 12.6. The van der Waals surface area contributed by atoms with E-state index in [0.717, 1.165) is 54.0 Å². The van der Waals surface area contributed by atoms with E-state index in [9.17, 15) is 18.3 Å². The van der Waals surface area contributed by atoms with Gasteiger partial charge in [0.1, 0.15) is 11.3 Å². The average molecular weight is 370 g/mol. The standard InChI is InChI=1S/C19H17NO5S/c21-19(22)12-4-3-5-14(10-12)26(23,24)20-13-8-9-18-16(11-13)15-6-1-2-7-17(15)25-18/h3-5,8-11,20H,1-2,6-7H2,(H,21,22)/p-1. The molecular weight excluding hydrogens is 354 g/mol. The highest BCUT2D eigenvalue weighted by Gasteiger charge is 2.19. The van der Waals surface area contributed by atoms with Gasteiger partial charge in [0.05, 0.1) is 10.9 Å². The molecule has 0 bridgehead atoms. The van der Waals surface area contributed by atoms with Gasteiger partial charge in [0.2, 0.25) is 0 Å². The van der Waals surface area contributed by atoms with Gasteiger partial charge in [-0.15, -0.1) is 0 Å². The van der Waals surface area contributed by atoms with E-state index >= 15 is 0 Å². The minimum absolute atomic E-state index is 0.131. The Hall–Kier alpha value is -2.80. The predicted molar refractivity (Wildman–Crippen MR) is 94.4 cm³/mol. The van der Waals surface area contributed by atoms with Crippen molar-refractivity contribution < 1.29 is 22.7 Å². The largest absolute Gasteiger partial charge is 0.545 e. The summed E-state index contributed by atoms with van der Waals surface area (Å²) in [5.41, 5.74) is 2.11. The summed E-state index contributed by atoms with van der Waals surface area (Å²) in [5, 5.41) is 11.9. The zero-order chi connectivity index (χ0) is 18.3. The van der Waals surface area contributed by atoms with Crippen LogP contribution in [0.25, 0.3) is 11.0 Å². The number of nitrogens with one attached hydrogen (secondary N) is 1. The number of benzene rings is 2. The molecule has 1 aliphatic carbocycles. The lowest BCUT2D eigenvalue weighted by molar-refractivity contribution is -0.255. The SMILES string of the molecule is O=C([O-])c1cccc(S(=O)(=O)Nc2ccc3oc4c(c3c2)CCCC4)c1. The van der Waals surface area contributed by atoms with E-state index in [-0.39, 0.29) is 10.5 Å². The molecule has 0 saturated carbocycles. The highest BCUT2D eigenvalue weighted by atomic mass is 32.2. The maximum Gasteiger partial charge on any atom is 0.261 e. The lowest BCUT2D eigenvalue weighted by Gasteiger charge is -2.11. The van der Waals surface area contributed by atoms with Gasteiger partial charge in [0.15, 0.2) is 0 Å². The van der Waals surface area contributed by atoms with Crippen LogP contribution in [0.3, 0.4) is 0 Å². The molecule has 1 aromatic heterocycles. The van der Waals surface area contributed by atoms with Gasteiger partial charge in [-0.1, -0.05) is 12.1 Å². The van der Waals surface area contributed by atoms with Gasteiger partial charge < -0.3 is 14.3 Å². The third kappa shape index (κ3) is 2.94. The topological polar surface area (TPSA) is 99.4 Å². The zero-order valence-corrected chi connectivity index (χ0v) is 14.6. The minimum Gasteiger partial charge on any atom is -0.545 e. The van der Waals surface area contributed by atoms with E-state index in [0.29, 0.717) is 5.69 Å². The summed E-state index contributed by atoms with van der Waals surface area (Å²) in [6.45, 7) is 0. The molecular formula is C19H16NO5S-. The molecule has 6 nitrogen and oxygen atoms in total. The van der Waals surface area contributed by atoms with Crippen LogP contribution in [0.4, 0.5) is 5.69 Å². The Morgan fingerprint density at radius 2 is 1.88 bits per heavy atom. The first-order valence-corrected chi connectivity index (χ1v) is 9.81. The molecule has 0 unspecified atom stereocenters. The van der Waals surface area contributed by atoms with Gasteiger partial charge in [0, 0.05) is 23.1 Å². The summed E-state index contributed by atoms with van der Waals surface area (Å²) in [7, 11) is -3.91. The first kappa shape index (κ1) is 16.7. The van der Waals surface area contributed by atoms with Crippen LogP contribution in [0.5, 0.6) is 0 Å². The Kier molecular flexibility index (Phi) is 3.96. The van der Waals surface area contributed by atoms with E-state index in [1.165, 1.54) is 18.2 Å². The molecule has 7 heteroatoms. The van der Waals surface area contributed by atoms with Crippen LogP contribution in [-0.2, 0) is 22.9 Å². The van der Waals surface area contributed by atoms with E-state index < -0.39 is 16.0 Å². The predicted octanol–water partition coefficient (Wildman–Crippen LogP) is 2.48. The van der Waals surface area contributed by atoms with Gasteiger partial charge in [-0.2, -0.15) is 0 Å². The lowest BCUT2D eigenvalue weighted by atomic mass is 9.96. The van der Waals surface area contributed by atoms with Gasteiger partial charge in [0.25, 0.3) is 10.0 Å². The van der Waals surface area contributed by atoms with Crippen molar-refractivity contribution in [3.8, 4) is 0 Å². The number of rotatable bonds is 4. The lowest BCUT2D eigenvalue weighted by Crippen LogP contribution is -2.23. The van der Waals surface area contributed by atoms with Gasteiger partial charge in [-0.05, 0) is 55.2 Å². The van der Waals surface area contributed by atoms with Gasteiger partial charge in [-0.25, -0.2) is 8.42 Å². The zero-order valence-electron chi connectivity index (χ0n) is 13.8.